The number of aromatic nitrogens is 1. The molecule has 108 valence electrons. The van der Waals surface area contributed by atoms with Crippen LogP contribution in [-0.4, -0.2) is 34.3 Å². The number of nitrogens with zero attached hydrogens (tertiary/aromatic N) is 3. The van der Waals surface area contributed by atoms with Crippen LogP contribution in [0.5, 0.6) is 0 Å². The number of nitrogen functional groups attached to an aromatic ring is 1. The average Bonchev–Trinajstić information content (AvgIpc) is 2.49. The number of nitrogens with two attached hydrogens (primary N) is 1. The molecule has 1 aliphatic rings. The van der Waals surface area contributed by atoms with Gasteiger partial charge in [0.1, 0.15) is 5.69 Å². The van der Waals surface area contributed by atoms with Gasteiger partial charge >= 0.3 is 0 Å². The van der Waals surface area contributed by atoms with Crippen molar-refractivity contribution in [2.45, 2.75) is 38.1 Å². The Hall–Kier alpha value is -1.69. The number of hydrazone groups is 1. The van der Waals surface area contributed by atoms with Gasteiger partial charge in [-0.05, 0) is 37.2 Å². The molecule has 0 amide bonds. The van der Waals surface area contributed by atoms with Gasteiger partial charge in [-0.1, -0.05) is 19.3 Å². The summed E-state index contributed by atoms with van der Waals surface area (Å²) in [6, 6.07) is 4.11. The van der Waals surface area contributed by atoms with E-state index in [0.29, 0.717) is 22.5 Å². The van der Waals surface area contributed by atoms with Gasteiger partial charge in [0.2, 0.25) is 0 Å². The Morgan fingerprint density at radius 1 is 1.50 bits per heavy atom. The van der Waals surface area contributed by atoms with E-state index in [4.69, 9.17) is 18.0 Å². The van der Waals surface area contributed by atoms with Crippen molar-refractivity contribution in [3.05, 3.63) is 24.0 Å². The van der Waals surface area contributed by atoms with Gasteiger partial charge in [0.15, 0.2) is 5.11 Å². The number of nitrogens with one attached hydrogen (secondary N) is 1. The number of hydrogen-bond acceptors (Lipinski definition) is 4. The first-order chi connectivity index (χ1) is 9.68. The molecule has 1 heterocycles. The molecule has 1 aromatic rings. The molecule has 5 nitrogen and oxygen atoms in total. The van der Waals surface area contributed by atoms with E-state index in [0.717, 1.165) is 0 Å². The zero-order valence-corrected chi connectivity index (χ0v) is 12.6. The molecule has 3 N–H and O–H groups in total. The summed E-state index contributed by atoms with van der Waals surface area (Å²) in [6.07, 6.45) is 9.59. The lowest BCUT2D eigenvalue weighted by molar-refractivity contribution is 0.276. The zero-order chi connectivity index (χ0) is 14.4. The third-order valence-corrected chi connectivity index (χ3v) is 4.04. The van der Waals surface area contributed by atoms with Gasteiger partial charge in [0, 0.05) is 19.3 Å². The normalized spacial score (nSPS) is 16.2. The molecule has 0 spiro atoms. The molecule has 0 bridgehead atoms. The smallest absolute Gasteiger partial charge is 0.189 e. The second-order valence-corrected chi connectivity index (χ2v) is 5.44. The van der Waals surface area contributed by atoms with Crippen molar-refractivity contribution < 1.29 is 0 Å². The first-order valence-corrected chi connectivity index (χ1v) is 7.35. The van der Waals surface area contributed by atoms with Crippen molar-refractivity contribution in [1.82, 2.24) is 15.3 Å². The molecule has 0 saturated heterocycles. The van der Waals surface area contributed by atoms with Crippen LogP contribution in [0.4, 0.5) is 5.69 Å². The van der Waals surface area contributed by atoms with Gasteiger partial charge in [-0.2, -0.15) is 5.10 Å². The maximum atomic E-state index is 5.79. The van der Waals surface area contributed by atoms with E-state index in [1.807, 2.05) is 7.05 Å². The van der Waals surface area contributed by atoms with E-state index in [1.54, 1.807) is 24.5 Å². The Balaban J connectivity index is 1.86. The van der Waals surface area contributed by atoms with Crippen molar-refractivity contribution in [3.63, 3.8) is 0 Å². The van der Waals surface area contributed by atoms with Crippen LogP contribution in [0.2, 0.25) is 0 Å². The molecular weight excluding hydrogens is 270 g/mol. The van der Waals surface area contributed by atoms with Crippen molar-refractivity contribution in [2.24, 2.45) is 5.10 Å². The Morgan fingerprint density at radius 2 is 2.25 bits per heavy atom. The zero-order valence-electron chi connectivity index (χ0n) is 11.7. The lowest BCUT2D eigenvalue weighted by Gasteiger charge is -2.32. The SMILES string of the molecule is CN(C(=S)N/N=C/c1ncccc1N)C1CCCCC1. The van der Waals surface area contributed by atoms with Gasteiger partial charge in [-0.3, -0.25) is 10.4 Å². The minimum absolute atomic E-state index is 0.527. The number of rotatable bonds is 3. The van der Waals surface area contributed by atoms with Crippen molar-refractivity contribution in [2.75, 3.05) is 12.8 Å². The summed E-state index contributed by atoms with van der Waals surface area (Å²) in [5, 5.41) is 4.76. The molecule has 0 atom stereocenters. The summed E-state index contributed by atoms with van der Waals surface area (Å²) >= 11 is 5.36. The predicted molar refractivity (Wildman–Crippen MR) is 86.6 cm³/mol. The molecule has 1 aliphatic carbocycles. The summed E-state index contributed by atoms with van der Waals surface area (Å²) in [6.45, 7) is 0. The van der Waals surface area contributed by atoms with Gasteiger partial charge in [0.25, 0.3) is 0 Å². The van der Waals surface area contributed by atoms with Crippen molar-refractivity contribution >= 4 is 29.2 Å². The maximum Gasteiger partial charge on any atom is 0.189 e. The van der Waals surface area contributed by atoms with E-state index in [2.05, 4.69) is 20.4 Å². The van der Waals surface area contributed by atoms with E-state index < -0.39 is 0 Å². The predicted octanol–water partition coefficient (Wildman–Crippen LogP) is 2.14. The number of thiocarbonyl (C=S) groups is 1. The molecule has 2 rings (SSSR count). The van der Waals surface area contributed by atoms with Gasteiger partial charge in [-0.15, -0.1) is 0 Å². The molecule has 0 unspecified atom stereocenters. The fourth-order valence-corrected chi connectivity index (χ4v) is 2.60. The lowest BCUT2D eigenvalue weighted by Crippen LogP contribution is -2.42. The first kappa shape index (κ1) is 14.7. The van der Waals surface area contributed by atoms with Gasteiger partial charge in [-0.25, -0.2) is 0 Å². The molecular formula is C14H21N5S. The molecule has 1 fully saturated rings. The molecule has 6 heteroatoms. The second kappa shape index (κ2) is 7.19. The fourth-order valence-electron chi connectivity index (χ4n) is 2.40. The Morgan fingerprint density at radius 3 is 2.95 bits per heavy atom. The highest BCUT2D eigenvalue weighted by molar-refractivity contribution is 7.80. The fraction of sp³-hybridized carbons (Fsp3) is 0.500. The van der Waals surface area contributed by atoms with Crippen LogP contribution in [0.1, 0.15) is 37.8 Å². The van der Waals surface area contributed by atoms with E-state index >= 15 is 0 Å². The van der Waals surface area contributed by atoms with E-state index in [9.17, 15) is 0 Å². The van der Waals surface area contributed by atoms with Crippen molar-refractivity contribution in [1.29, 1.82) is 0 Å². The van der Waals surface area contributed by atoms with Gasteiger partial charge in [0.05, 0.1) is 11.9 Å². The molecule has 1 saturated carbocycles. The van der Waals surface area contributed by atoms with E-state index in [-0.39, 0.29) is 0 Å². The molecule has 20 heavy (non-hydrogen) atoms. The first-order valence-electron chi connectivity index (χ1n) is 6.95. The van der Waals surface area contributed by atoms with Crippen LogP contribution in [0, 0.1) is 0 Å². The second-order valence-electron chi connectivity index (χ2n) is 5.06. The molecule has 0 radical (unpaired) electrons. The van der Waals surface area contributed by atoms with Gasteiger partial charge < -0.3 is 10.6 Å². The highest BCUT2D eigenvalue weighted by atomic mass is 32.1. The molecule has 1 aromatic heterocycles. The Bertz CT molecular complexity index is 482. The third-order valence-electron chi connectivity index (χ3n) is 3.66. The Kier molecular flexibility index (Phi) is 5.29. The Labute approximate surface area is 125 Å². The average molecular weight is 291 g/mol. The summed E-state index contributed by atoms with van der Waals surface area (Å²) in [7, 11) is 2.02. The monoisotopic (exact) mass is 291 g/mol. The summed E-state index contributed by atoms with van der Waals surface area (Å²) in [4.78, 5) is 6.24. The van der Waals surface area contributed by atoms with Crippen molar-refractivity contribution in [3.8, 4) is 0 Å². The molecule has 0 aromatic carbocycles. The van der Waals surface area contributed by atoms with E-state index in [1.165, 1.54) is 32.1 Å². The minimum atomic E-state index is 0.527. The number of pyridine rings is 1. The highest BCUT2D eigenvalue weighted by Crippen LogP contribution is 2.21. The lowest BCUT2D eigenvalue weighted by atomic mass is 9.95. The van der Waals surface area contributed by atoms with Crippen LogP contribution in [0.3, 0.4) is 0 Å². The van der Waals surface area contributed by atoms with Crippen LogP contribution < -0.4 is 11.2 Å². The third kappa shape index (κ3) is 3.90. The maximum absolute atomic E-state index is 5.79. The summed E-state index contributed by atoms with van der Waals surface area (Å²) in [5.41, 5.74) is 9.92. The quantitative estimate of drug-likeness (QED) is 0.507. The minimum Gasteiger partial charge on any atom is -0.397 e. The number of anilines is 1. The summed E-state index contributed by atoms with van der Waals surface area (Å²) < 4.78 is 0. The standard InChI is InChI=1S/C14H21N5S/c1-19(11-6-3-2-4-7-11)14(20)18-17-10-13-12(15)8-5-9-16-13/h5,8-11H,2-4,6-7,15H2,1H3,(H,18,20)/b17-10+. The number of hydrogen-bond donors (Lipinski definition) is 2. The van der Waals surface area contributed by atoms with Crippen LogP contribution in [-0.2, 0) is 0 Å². The van der Waals surface area contributed by atoms with Crippen LogP contribution >= 0.6 is 12.2 Å². The topological polar surface area (TPSA) is 66.5 Å². The van der Waals surface area contributed by atoms with Crippen LogP contribution in [0.15, 0.2) is 23.4 Å². The summed E-state index contributed by atoms with van der Waals surface area (Å²) in [5.74, 6) is 0. The molecule has 0 aliphatic heterocycles. The van der Waals surface area contributed by atoms with Crippen LogP contribution in [0.25, 0.3) is 0 Å². The largest absolute Gasteiger partial charge is 0.397 e. The highest BCUT2D eigenvalue weighted by Gasteiger charge is 2.19.